The smallest absolute Gasteiger partial charge is 0.230 e. The van der Waals surface area contributed by atoms with Crippen molar-refractivity contribution in [3.8, 4) is 11.5 Å². The molecule has 0 heterocycles. The summed E-state index contributed by atoms with van der Waals surface area (Å²) in [6.07, 6.45) is -0.724. The van der Waals surface area contributed by atoms with Crippen LogP contribution in [0.15, 0.2) is 30.3 Å². The van der Waals surface area contributed by atoms with Gasteiger partial charge in [-0.15, -0.1) is 0 Å². The monoisotopic (exact) mass is 288 g/mol. The summed E-state index contributed by atoms with van der Waals surface area (Å²) >= 11 is 0. The number of fused-ring (bicyclic) bond motifs is 1. The van der Waals surface area contributed by atoms with E-state index in [0.717, 1.165) is 10.8 Å². The maximum Gasteiger partial charge on any atom is 0.230 e. The second-order valence-corrected chi connectivity index (χ2v) is 4.30. The first-order chi connectivity index (χ1) is 10.1. The number of benzene rings is 2. The molecule has 0 saturated heterocycles. The van der Waals surface area contributed by atoms with Crippen LogP contribution in [-0.4, -0.2) is 26.1 Å². The Kier molecular flexibility index (Phi) is 4.27. The van der Waals surface area contributed by atoms with E-state index in [2.05, 4.69) is 5.32 Å². The van der Waals surface area contributed by atoms with Crippen LogP contribution < -0.4 is 19.9 Å². The van der Waals surface area contributed by atoms with Crippen molar-refractivity contribution >= 4 is 28.3 Å². The molecule has 2 rings (SSSR count). The van der Waals surface area contributed by atoms with Gasteiger partial charge in [-0.2, -0.15) is 0 Å². The maximum atomic E-state index is 11.6. The number of hydrogen-bond acceptors (Lipinski definition) is 5. The molecule has 1 N–H and O–H groups in total. The highest BCUT2D eigenvalue weighted by Gasteiger charge is 2.15. The van der Waals surface area contributed by atoms with Crippen LogP contribution in [0.25, 0.3) is 10.8 Å². The summed E-state index contributed by atoms with van der Waals surface area (Å²) in [4.78, 5) is 22.1. The fourth-order valence-corrected chi connectivity index (χ4v) is 2.12. The van der Waals surface area contributed by atoms with E-state index in [9.17, 15) is 14.7 Å². The van der Waals surface area contributed by atoms with E-state index in [4.69, 9.17) is 9.47 Å². The maximum absolute atomic E-state index is 11.6. The van der Waals surface area contributed by atoms with Crippen LogP contribution in [0.2, 0.25) is 0 Å². The Morgan fingerprint density at radius 2 is 1.81 bits per heavy atom. The van der Waals surface area contributed by atoms with Gasteiger partial charge >= 0.3 is 0 Å². The summed E-state index contributed by atoms with van der Waals surface area (Å²) in [5.41, 5.74) is 0.347. The molecule has 0 aliphatic heterocycles. The molecule has 0 radical (unpaired) electrons. The first-order valence-electron chi connectivity index (χ1n) is 6.20. The van der Waals surface area contributed by atoms with E-state index >= 15 is 0 Å². The molecule has 110 valence electrons. The van der Waals surface area contributed by atoms with Gasteiger partial charge in [0.05, 0.1) is 32.3 Å². The lowest BCUT2D eigenvalue weighted by Gasteiger charge is -2.15. The first kappa shape index (κ1) is 14.6. The van der Waals surface area contributed by atoms with E-state index < -0.39 is 18.3 Å². The molecule has 2 aromatic rings. The highest BCUT2D eigenvalue weighted by molar-refractivity contribution is 6.05. The molecule has 0 aromatic heterocycles. The van der Waals surface area contributed by atoms with Gasteiger partial charge in [0.1, 0.15) is 11.5 Å². The van der Waals surface area contributed by atoms with Crippen molar-refractivity contribution in [2.24, 2.45) is 0 Å². The van der Waals surface area contributed by atoms with Crippen molar-refractivity contribution < 1.29 is 24.2 Å². The molecular weight excluding hydrogens is 274 g/mol. The van der Waals surface area contributed by atoms with Crippen molar-refractivity contribution in [1.29, 1.82) is 0 Å². The van der Waals surface area contributed by atoms with Crippen LogP contribution >= 0.6 is 0 Å². The number of rotatable bonds is 5. The summed E-state index contributed by atoms with van der Waals surface area (Å²) in [5, 5.41) is 14.5. The fraction of sp³-hybridized carbons (Fsp3) is 0.200. The minimum absolute atomic E-state index is 0.347. The zero-order valence-corrected chi connectivity index (χ0v) is 11.6. The van der Waals surface area contributed by atoms with Crippen LogP contribution in [0.5, 0.6) is 11.5 Å². The van der Waals surface area contributed by atoms with Crippen LogP contribution in [0.4, 0.5) is 5.69 Å². The largest absolute Gasteiger partial charge is 0.550 e. The summed E-state index contributed by atoms with van der Waals surface area (Å²) < 4.78 is 10.6. The third kappa shape index (κ3) is 3.05. The number of carbonyl (C=O) groups is 2. The standard InChI is InChI=1S/C15H15NO5/c1-20-12-7-11(16-13(17)8-14(18)19)15(21-2)10-6-4-3-5-9(10)12/h3-7H,8H2,1-2H3,(H,16,17)(H,18,19)/p-1. The van der Waals surface area contributed by atoms with Crippen molar-refractivity contribution in [2.45, 2.75) is 6.42 Å². The molecule has 0 fully saturated rings. The lowest BCUT2D eigenvalue weighted by atomic mass is 10.1. The molecule has 21 heavy (non-hydrogen) atoms. The normalized spacial score (nSPS) is 10.2. The Morgan fingerprint density at radius 1 is 1.14 bits per heavy atom. The number of carboxylic acid groups (broad SMARTS) is 1. The topological polar surface area (TPSA) is 87.7 Å². The van der Waals surface area contributed by atoms with Gasteiger partial charge in [0, 0.05) is 16.8 Å². The highest BCUT2D eigenvalue weighted by Crippen LogP contribution is 2.39. The van der Waals surface area contributed by atoms with Gasteiger partial charge < -0.3 is 24.7 Å². The fourth-order valence-electron chi connectivity index (χ4n) is 2.12. The number of methoxy groups -OCH3 is 2. The Morgan fingerprint density at radius 3 is 2.38 bits per heavy atom. The molecule has 0 aliphatic rings. The average molecular weight is 288 g/mol. The van der Waals surface area contributed by atoms with Crippen LogP contribution in [0.3, 0.4) is 0 Å². The molecule has 0 saturated carbocycles. The van der Waals surface area contributed by atoms with Crippen molar-refractivity contribution in [3.63, 3.8) is 0 Å². The SMILES string of the molecule is COc1cc(NC(=O)CC(=O)[O-])c(OC)c2ccccc12. The summed E-state index contributed by atoms with van der Waals surface area (Å²) in [7, 11) is 2.99. The molecule has 0 unspecified atom stereocenters. The number of hydrogen-bond donors (Lipinski definition) is 1. The number of carboxylic acids is 1. The van der Waals surface area contributed by atoms with Gasteiger partial charge in [0.25, 0.3) is 0 Å². The predicted octanol–water partition coefficient (Wildman–Crippen LogP) is 0.935. The average Bonchev–Trinajstić information content (AvgIpc) is 2.45. The summed E-state index contributed by atoms with van der Waals surface area (Å²) in [6, 6.07) is 8.97. The zero-order chi connectivity index (χ0) is 15.4. The van der Waals surface area contributed by atoms with Gasteiger partial charge in [-0.3, -0.25) is 4.79 Å². The Balaban J connectivity index is 2.52. The quantitative estimate of drug-likeness (QED) is 0.827. The van der Waals surface area contributed by atoms with E-state index in [-0.39, 0.29) is 0 Å². The van der Waals surface area contributed by atoms with Crippen molar-refractivity contribution in [3.05, 3.63) is 30.3 Å². The molecule has 6 nitrogen and oxygen atoms in total. The highest BCUT2D eigenvalue weighted by atomic mass is 16.5. The summed E-state index contributed by atoms with van der Waals surface area (Å²) in [6.45, 7) is 0. The van der Waals surface area contributed by atoms with Crippen molar-refractivity contribution in [2.75, 3.05) is 19.5 Å². The van der Waals surface area contributed by atoms with Gasteiger partial charge in [-0.1, -0.05) is 24.3 Å². The number of aliphatic carboxylic acids is 1. The second-order valence-electron chi connectivity index (χ2n) is 4.30. The molecule has 0 atom stereocenters. The zero-order valence-electron chi connectivity index (χ0n) is 11.6. The van der Waals surface area contributed by atoms with Crippen LogP contribution in [-0.2, 0) is 9.59 Å². The molecule has 6 heteroatoms. The number of anilines is 1. The van der Waals surface area contributed by atoms with E-state index in [1.807, 2.05) is 24.3 Å². The lowest BCUT2D eigenvalue weighted by Crippen LogP contribution is -2.28. The molecule has 0 bridgehead atoms. The number of nitrogens with one attached hydrogen (secondary N) is 1. The van der Waals surface area contributed by atoms with E-state index in [1.165, 1.54) is 14.2 Å². The lowest BCUT2D eigenvalue weighted by molar-refractivity contribution is -0.304. The van der Waals surface area contributed by atoms with Crippen LogP contribution in [0.1, 0.15) is 6.42 Å². The van der Waals surface area contributed by atoms with Gasteiger partial charge in [0.15, 0.2) is 0 Å². The molecule has 0 spiro atoms. The van der Waals surface area contributed by atoms with Crippen LogP contribution in [0, 0.1) is 0 Å². The van der Waals surface area contributed by atoms with E-state index in [0.29, 0.717) is 17.2 Å². The van der Waals surface area contributed by atoms with Gasteiger partial charge in [0.2, 0.25) is 5.91 Å². The number of ether oxygens (including phenoxy) is 2. The minimum atomic E-state index is -1.45. The molecule has 0 aliphatic carbocycles. The molecule has 2 aromatic carbocycles. The van der Waals surface area contributed by atoms with E-state index in [1.54, 1.807) is 6.07 Å². The predicted molar refractivity (Wildman–Crippen MR) is 75.3 cm³/mol. The van der Waals surface area contributed by atoms with Crippen molar-refractivity contribution in [1.82, 2.24) is 0 Å². The minimum Gasteiger partial charge on any atom is -0.550 e. The Labute approximate surface area is 121 Å². The third-order valence-corrected chi connectivity index (χ3v) is 2.96. The third-order valence-electron chi connectivity index (χ3n) is 2.96. The molecular formula is C15H14NO5-. The molecule has 1 amide bonds. The Hall–Kier alpha value is -2.76. The van der Waals surface area contributed by atoms with Gasteiger partial charge in [-0.05, 0) is 0 Å². The number of carbonyl (C=O) groups excluding carboxylic acids is 2. The first-order valence-corrected chi connectivity index (χ1v) is 6.20. The van der Waals surface area contributed by atoms with Gasteiger partial charge in [-0.25, -0.2) is 0 Å². The summed E-state index contributed by atoms with van der Waals surface area (Å²) in [5.74, 6) is -1.14. The second kappa shape index (κ2) is 6.13. The Bertz CT molecular complexity index is 696. The number of amides is 1.